The van der Waals surface area contributed by atoms with E-state index in [1.54, 1.807) is 60.3 Å². The van der Waals surface area contributed by atoms with Gasteiger partial charge in [0.2, 0.25) is 5.78 Å². The number of rotatable bonds is 8. The van der Waals surface area contributed by atoms with E-state index in [0.717, 1.165) is 18.4 Å². The molecule has 1 fully saturated rings. The summed E-state index contributed by atoms with van der Waals surface area (Å²) in [4.78, 5) is 28.6. The van der Waals surface area contributed by atoms with Crippen LogP contribution in [0.2, 0.25) is 5.02 Å². The lowest BCUT2D eigenvalue weighted by Gasteiger charge is -2.33. The van der Waals surface area contributed by atoms with Gasteiger partial charge in [0.1, 0.15) is 23.2 Å². The summed E-state index contributed by atoms with van der Waals surface area (Å²) in [6.07, 6.45) is 1.78. The van der Waals surface area contributed by atoms with E-state index in [9.17, 15) is 14.9 Å². The van der Waals surface area contributed by atoms with Crippen LogP contribution in [0.3, 0.4) is 0 Å². The Labute approximate surface area is 244 Å². The first-order valence-electron chi connectivity index (χ1n) is 13.5. The van der Waals surface area contributed by atoms with Crippen molar-refractivity contribution in [1.29, 1.82) is 5.26 Å². The molecule has 0 spiro atoms. The molecule has 1 aliphatic heterocycles. The molecule has 9 heteroatoms. The molecule has 5 rings (SSSR count). The Hall–Kier alpha value is -4.61. The molecule has 3 aromatic carbocycles. The number of nitrogens with zero attached hydrogens (tertiary/aromatic N) is 4. The van der Waals surface area contributed by atoms with Gasteiger partial charge >= 0.3 is 0 Å². The molecule has 4 aromatic rings. The van der Waals surface area contributed by atoms with Crippen molar-refractivity contribution in [2.24, 2.45) is 5.92 Å². The van der Waals surface area contributed by atoms with E-state index in [4.69, 9.17) is 16.3 Å². The van der Waals surface area contributed by atoms with E-state index in [2.05, 4.69) is 16.5 Å². The maximum Gasteiger partial charge on any atom is 0.253 e. The highest BCUT2D eigenvalue weighted by molar-refractivity contribution is 6.30. The Balaban J connectivity index is 1.41. The maximum absolute atomic E-state index is 13.5. The number of benzene rings is 3. The van der Waals surface area contributed by atoms with Crippen molar-refractivity contribution >= 4 is 29.1 Å². The second kappa shape index (κ2) is 12.3. The molecule has 0 saturated carbocycles. The van der Waals surface area contributed by atoms with Crippen LogP contribution < -0.4 is 10.1 Å². The summed E-state index contributed by atoms with van der Waals surface area (Å²) in [6.45, 7) is 3.68. The second-order valence-corrected chi connectivity index (χ2v) is 10.6. The number of ether oxygens (including phenoxy) is 1. The third-order valence-corrected chi connectivity index (χ3v) is 7.53. The van der Waals surface area contributed by atoms with Crippen LogP contribution >= 0.6 is 11.6 Å². The van der Waals surface area contributed by atoms with Crippen molar-refractivity contribution < 1.29 is 14.3 Å². The second-order valence-electron chi connectivity index (χ2n) is 10.1. The molecule has 208 valence electrons. The van der Waals surface area contributed by atoms with E-state index in [0.29, 0.717) is 53.0 Å². The van der Waals surface area contributed by atoms with Gasteiger partial charge in [-0.05, 0) is 68.1 Å². The molecule has 0 aliphatic carbocycles. The number of likely N-dealkylation sites (tertiary alicyclic amines) is 1. The number of carbonyl (C=O) groups is 2. The van der Waals surface area contributed by atoms with E-state index in [1.165, 1.54) is 0 Å². The van der Waals surface area contributed by atoms with Gasteiger partial charge in [0.15, 0.2) is 5.69 Å². The number of anilines is 1. The van der Waals surface area contributed by atoms with Gasteiger partial charge in [-0.15, -0.1) is 0 Å². The van der Waals surface area contributed by atoms with Crippen LogP contribution in [0.15, 0.2) is 72.8 Å². The number of methoxy groups -OCH3 is 1. The lowest BCUT2D eigenvalue weighted by atomic mass is 9.97. The molecule has 1 N–H and O–H groups in total. The molecular formula is C32H30ClN5O3. The monoisotopic (exact) mass is 567 g/mol. The number of ketones is 1. The van der Waals surface area contributed by atoms with Gasteiger partial charge in [0, 0.05) is 35.8 Å². The largest absolute Gasteiger partial charge is 0.497 e. The highest BCUT2D eigenvalue weighted by atomic mass is 35.5. The van der Waals surface area contributed by atoms with Gasteiger partial charge in [-0.1, -0.05) is 47.5 Å². The van der Waals surface area contributed by atoms with Crippen LogP contribution in [0.4, 0.5) is 5.82 Å². The molecule has 1 saturated heterocycles. The molecule has 1 unspecified atom stereocenters. The first-order valence-corrected chi connectivity index (χ1v) is 13.8. The van der Waals surface area contributed by atoms with Crippen LogP contribution in [0.25, 0.3) is 5.69 Å². The third kappa shape index (κ3) is 6.11. The molecular weight excluding hydrogens is 538 g/mol. The van der Waals surface area contributed by atoms with Gasteiger partial charge in [-0.25, -0.2) is 4.68 Å². The van der Waals surface area contributed by atoms with Crippen LogP contribution in [0.1, 0.15) is 50.4 Å². The Morgan fingerprint density at radius 2 is 1.85 bits per heavy atom. The van der Waals surface area contributed by atoms with E-state index < -0.39 is 0 Å². The Morgan fingerprint density at radius 3 is 2.56 bits per heavy atom. The lowest BCUT2D eigenvalue weighted by Crippen LogP contribution is -2.42. The van der Waals surface area contributed by atoms with Crippen LogP contribution in [0.5, 0.6) is 5.75 Å². The summed E-state index contributed by atoms with van der Waals surface area (Å²) in [5.74, 6) is 0.839. The van der Waals surface area contributed by atoms with Crippen molar-refractivity contribution in [2.75, 3.05) is 32.1 Å². The fourth-order valence-electron chi connectivity index (χ4n) is 5.05. The highest BCUT2D eigenvalue weighted by Gasteiger charge is 2.28. The van der Waals surface area contributed by atoms with Gasteiger partial charge in [-0.2, -0.15) is 10.4 Å². The number of nitrogens with one attached hydrogen (secondary N) is 1. The van der Waals surface area contributed by atoms with E-state index in [-0.39, 0.29) is 28.9 Å². The Kier molecular flexibility index (Phi) is 8.37. The fraction of sp³-hybridized carbons (Fsp3) is 0.250. The lowest BCUT2D eigenvalue weighted by molar-refractivity contribution is 0.0679. The summed E-state index contributed by atoms with van der Waals surface area (Å²) in [7, 11) is 1.58. The predicted octanol–water partition coefficient (Wildman–Crippen LogP) is 5.91. The normalized spacial score (nSPS) is 14.8. The van der Waals surface area contributed by atoms with E-state index >= 15 is 0 Å². The quantitative estimate of drug-likeness (QED) is 0.266. The summed E-state index contributed by atoms with van der Waals surface area (Å²) in [5.41, 5.74) is 2.98. The van der Waals surface area contributed by atoms with Crippen LogP contribution in [0, 0.1) is 24.2 Å². The first kappa shape index (κ1) is 27.9. The average molecular weight is 568 g/mol. The van der Waals surface area contributed by atoms with Gasteiger partial charge in [-0.3, -0.25) is 9.59 Å². The van der Waals surface area contributed by atoms with Crippen LogP contribution in [-0.2, 0) is 0 Å². The number of amides is 1. The first-order chi connectivity index (χ1) is 19.9. The average Bonchev–Trinajstić information content (AvgIpc) is 3.38. The fourth-order valence-corrected chi connectivity index (χ4v) is 5.18. The van der Waals surface area contributed by atoms with Gasteiger partial charge < -0.3 is 15.0 Å². The van der Waals surface area contributed by atoms with Gasteiger partial charge in [0.05, 0.1) is 12.8 Å². The van der Waals surface area contributed by atoms with Crippen molar-refractivity contribution in [3.63, 3.8) is 0 Å². The topological polar surface area (TPSA) is 100 Å². The van der Waals surface area contributed by atoms with Gasteiger partial charge in [0.25, 0.3) is 5.91 Å². The molecule has 8 nitrogen and oxygen atoms in total. The van der Waals surface area contributed by atoms with Crippen molar-refractivity contribution in [3.8, 4) is 17.5 Å². The molecule has 1 atom stereocenters. The molecule has 1 aromatic heterocycles. The summed E-state index contributed by atoms with van der Waals surface area (Å²) < 4.78 is 6.86. The number of hydrogen-bond acceptors (Lipinski definition) is 6. The SMILES string of the molecule is COc1cccc(C(=O)N2CCCC(CNc3c(C#N)c(C(=O)c4ccc(C)cc4)nn3-c3ccc(Cl)cc3)C2)c1. The number of carbonyl (C=O) groups excluding carboxylic acids is 2. The summed E-state index contributed by atoms with van der Waals surface area (Å²) in [5, 5.41) is 18.8. The standard InChI is InChI=1S/C32H30ClN5O3/c1-21-8-10-23(11-9-21)30(39)29-28(18-34)31(38(36-29)26-14-12-25(33)13-15-26)35-19-22-5-4-16-37(20-22)32(40)24-6-3-7-27(17-24)41-2/h3,6-15,17,22,35H,4-5,16,19-20H2,1-2H3. The number of hydrogen-bond donors (Lipinski definition) is 1. The minimum absolute atomic E-state index is 0.0384. The third-order valence-electron chi connectivity index (χ3n) is 7.28. The highest BCUT2D eigenvalue weighted by Crippen LogP contribution is 2.28. The number of aryl methyl sites for hydroxylation is 1. The van der Waals surface area contributed by atoms with E-state index in [1.807, 2.05) is 36.1 Å². The maximum atomic E-state index is 13.5. The molecule has 0 bridgehead atoms. The van der Waals surface area contributed by atoms with Crippen LogP contribution in [-0.4, -0.2) is 53.1 Å². The van der Waals surface area contributed by atoms with Crippen molar-refractivity contribution in [3.05, 3.63) is 106 Å². The number of halogens is 1. The minimum Gasteiger partial charge on any atom is -0.497 e. The predicted molar refractivity (Wildman–Crippen MR) is 158 cm³/mol. The Morgan fingerprint density at radius 1 is 1.10 bits per heavy atom. The molecule has 41 heavy (non-hydrogen) atoms. The zero-order valence-corrected chi connectivity index (χ0v) is 23.7. The smallest absolute Gasteiger partial charge is 0.253 e. The summed E-state index contributed by atoms with van der Waals surface area (Å²) >= 11 is 6.12. The molecule has 1 amide bonds. The minimum atomic E-state index is -0.329. The number of nitriles is 1. The molecule has 0 radical (unpaired) electrons. The Bertz CT molecular complexity index is 1610. The number of piperidine rings is 1. The van der Waals surface area contributed by atoms with Crippen molar-refractivity contribution in [1.82, 2.24) is 14.7 Å². The number of aromatic nitrogens is 2. The van der Waals surface area contributed by atoms with Crippen molar-refractivity contribution in [2.45, 2.75) is 19.8 Å². The summed E-state index contributed by atoms with van der Waals surface area (Å²) in [6, 6.07) is 23.6. The zero-order chi connectivity index (χ0) is 28.9. The zero-order valence-electron chi connectivity index (χ0n) is 22.9. The molecule has 2 heterocycles. The molecule has 1 aliphatic rings.